The summed E-state index contributed by atoms with van der Waals surface area (Å²) in [5, 5.41) is 17.0. The molecule has 30 heavy (non-hydrogen) atoms. The first-order valence-corrected chi connectivity index (χ1v) is 9.91. The van der Waals surface area contributed by atoms with Crippen molar-refractivity contribution in [3.63, 3.8) is 0 Å². The molecule has 0 unspecified atom stereocenters. The average Bonchev–Trinajstić information content (AvgIpc) is 2.78. The molecule has 3 aromatic rings. The zero-order valence-electron chi connectivity index (χ0n) is 17.5. The van der Waals surface area contributed by atoms with E-state index in [2.05, 4.69) is 51.5 Å². The van der Waals surface area contributed by atoms with Crippen molar-refractivity contribution in [2.45, 2.75) is 20.3 Å². The summed E-state index contributed by atoms with van der Waals surface area (Å²) in [6.45, 7) is 4.73. The molecular weight excluding hydrogens is 374 g/mol. The minimum atomic E-state index is 0.0306. The Bertz CT molecular complexity index is 1020. The molecule has 6 nitrogen and oxygen atoms in total. The third kappa shape index (κ3) is 5.91. The summed E-state index contributed by atoms with van der Waals surface area (Å²) in [4.78, 5) is 13.5. The quantitative estimate of drug-likeness (QED) is 0.289. The van der Waals surface area contributed by atoms with E-state index in [1.165, 1.54) is 12.6 Å². The highest BCUT2D eigenvalue weighted by Crippen LogP contribution is 2.25. The number of carbonyl (C=O) groups is 1. The zero-order valence-corrected chi connectivity index (χ0v) is 17.5. The van der Waals surface area contributed by atoms with Crippen LogP contribution in [0.4, 0.5) is 28.4 Å². The molecule has 0 bridgehead atoms. The standard InChI is InChI=1S/C24H25N5O/c1-4-17-29(3)24-15-13-23(14-16-24)28-27-22-11-9-21(10-12-22)26-25-20-7-5-19(6-8-20)18(2)30/h5-16H,4,17H2,1-3H3. The summed E-state index contributed by atoms with van der Waals surface area (Å²) in [5.41, 5.74) is 4.78. The number of azo groups is 2. The minimum absolute atomic E-state index is 0.0306. The van der Waals surface area contributed by atoms with Gasteiger partial charge in [0.2, 0.25) is 0 Å². The smallest absolute Gasteiger partial charge is 0.159 e. The maximum atomic E-state index is 11.3. The molecule has 0 aliphatic rings. The van der Waals surface area contributed by atoms with Crippen LogP contribution in [0.2, 0.25) is 0 Å². The normalized spacial score (nSPS) is 11.3. The maximum absolute atomic E-state index is 11.3. The molecule has 152 valence electrons. The van der Waals surface area contributed by atoms with Gasteiger partial charge in [-0.1, -0.05) is 6.92 Å². The molecule has 0 heterocycles. The Labute approximate surface area is 177 Å². The van der Waals surface area contributed by atoms with E-state index in [9.17, 15) is 4.79 Å². The van der Waals surface area contributed by atoms with Gasteiger partial charge in [0.15, 0.2) is 5.78 Å². The highest BCUT2D eigenvalue weighted by Gasteiger charge is 2.00. The molecule has 0 saturated carbocycles. The second-order valence-corrected chi connectivity index (χ2v) is 6.96. The number of rotatable bonds is 8. The molecule has 3 rings (SSSR count). The van der Waals surface area contributed by atoms with Gasteiger partial charge in [-0.3, -0.25) is 4.79 Å². The summed E-state index contributed by atoms with van der Waals surface area (Å²) in [6.07, 6.45) is 1.11. The number of benzene rings is 3. The SMILES string of the molecule is CCCN(C)c1ccc(N=Nc2ccc(N=Nc3ccc(C(C)=O)cc3)cc2)cc1. The van der Waals surface area contributed by atoms with Gasteiger partial charge in [0.25, 0.3) is 0 Å². The largest absolute Gasteiger partial charge is 0.375 e. The number of anilines is 1. The van der Waals surface area contributed by atoms with Gasteiger partial charge in [-0.25, -0.2) is 0 Å². The first-order chi connectivity index (χ1) is 14.5. The van der Waals surface area contributed by atoms with E-state index >= 15 is 0 Å². The van der Waals surface area contributed by atoms with Crippen molar-refractivity contribution in [2.24, 2.45) is 20.5 Å². The Morgan fingerprint density at radius 3 is 1.43 bits per heavy atom. The minimum Gasteiger partial charge on any atom is -0.375 e. The predicted molar refractivity (Wildman–Crippen MR) is 121 cm³/mol. The number of hydrogen-bond acceptors (Lipinski definition) is 6. The van der Waals surface area contributed by atoms with Crippen molar-refractivity contribution in [2.75, 3.05) is 18.5 Å². The number of nitrogens with zero attached hydrogens (tertiary/aromatic N) is 5. The Balaban J connectivity index is 1.60. The second-order valence-electron chi connectivity index (χ2n) is 6.96. The Hall–Kier alpha value is -3.67. The van der Waals surface area contributed by atoms with E-state index in [1.54, 1.807) is 24.3 Å². The van der Waals surface area contributed by atoms with E-state index in [4.69, 9.17) is 0 Å². The van der Waals surface area contributed by atoms with Crippen molar-refractivity contribution in [1.29, 1.82) is 0 Å². The van der Waals surface area contributed by atoms with Crippen LogP contribution < -0.4 is 4.90 Å². The molecule has 0 aliphatic carbocycles. The number of ketones is 1. The van der Waals surface area contributed by atoms with Crippen molar-refractivity contribution in [1.82, 2.24) is 0 Å². The van der Waals surface area contributed by atoms with Crippen molar-refractivity contribution < 1.29 is 4.79 Å². The maximum Gasteiger partial charge on any atom is 0.159 e. The fraction of sp³-hybridized carbons (Fsp3) is 0.208. The summed E-state index contributed by atoms with van der Waals surface area (Å²) < 4.78 is 0. The highest BCUT2D eigenvalue weighted by atomic mass is 16.1. The van der Waals surface area contributed by atoms with E-state index in [1.807, 2.05) is 36.4 Å². The molecule has 3 aromatic carbocycles. The van der Waals surface area contributed by atoms with Crippen molar-refractivity contribution >= 4 is 34.2 Å². The molecule has 0 N–H and O–H groups in total. The molecule has 0 aromatic heterocycles. The summed E-state index contributed by atoms with van der Waals surface area (Å²) in [5.74, 6) is 0.0306. The van der Waals surface area contributed by atoms with Gasteiger partial charge < -0.3 is 4.90 Å². The summed E-state index contributed by atoms with van der Waals surface area (Å²) in [6, 6.07) is 22.4. The van der Waals surface area contributed by atoms with Gasteiger partial charge in [0.1, 0.15) is 0 Å². The fourth-order valence-electron chi connectivity index (χ4n) is 2.82. The van der Waals surface area contributed by atoms with E-state index in [0.29, 0.717) is 16.9 Å². The third-order valence-corrected chi connectivity index (χ3v) is 4.53. The van der Waals surface area contributed by atoms with E-state index in [-0.39, 0.29) is 5.78 Å². The predicted octanol–water partition coefficient (Wildman–Crippen LogP) is 7.57. The average molecular weight is 399 g/mol. The molecular formula is C24H25N5O. The van der Waals surface area contributed by atoms with Crippen LogP contribution in [0.3, 0.4) is 0 Å². The van der Waals surface area contributed by atoms with E-state index in [0.717, 1.165) is 24.3 Å². The lowest BCUT2D eigenvalue weighted by molar-refractivity contribution is 0.101. The van der Waals surface area contributed by atoms with Gasteiger partial charge in [0, 0.05) is 24.8 Å². The first-order valence-electron chi connectivity index (χ1n) is 9.91. The molecule has 0 spiro atoms. The monoisotopic (exact) mass is 399 g/mol. The van der Waals surface area contributed by atoms with Crippen LogP contribution in [0.1, 0.15) is 30.6 Å². The number of carbonyl (C=O) groups excluding carboxylic acids is 1. The van der Waals surface area contributed by atoms with Crippen LogP contribution >= 0.6 is 0 Å². The van der Waals surface area contributed by atoms with Crippen LogP contribution in [0, 0.1) is 0 Å². The van der Waals surface area contributed by atoms with E-state index < -0.39 is 0 Å². The molecule has 0 radical (unpaired) electrons. The molecule has 6 heteroatoms. The third-order valence-electron chi connectivity index (χ3n) is 4.53. The van der Waals surface area contributed by atoms with Gasteiger partial charge in [-0.2, -0.15) is 20.5 Å². The molecule has 0 aliphatic heterocycles. The first kappa shape index (κ1) is 21.0. The van der Waals surface area contributed by atoms with Gasteiger partial charge >= 0.3 is 0 Å². The summed E-state index contributed by atoms with van der Waals surface area (Å²) >= 11 is 0. The van der Waals surface area contributed by atoms with Crippen LogP contribution in [-0.4, -0.2) is 19.4 Å². The molecule has 0 atom stereocenters. The van der Waals surface area contributed by atoms with Crippen molar-refractivity contribution in [3.05, 3.63) is 78.4 Å². The lowest BCUT2D eigenvalue weighted by Crippen LogP contribution is -2.17. The van der Waals surface area contributed by atoms with Crippen LogP contribution in [-0.2, 0) is 0 Å². The molecule has 0 saturated heterocycles. The fourth-order valence-corrected chi connectivity index (χ4v) is 2.82. The topological polar surface area (TPSA) is 69.8 Å². The van der Waals surface area contributed by atoms with Crippen LogP contribution in [0.25, 0.3) is 0 Å². The number of hydrogen-bond donors (Lipinski definition) is 0. The Morgan fingerprint density at radius 2 is 1.07 bits per heavy atom. The van der Waals surface area contributed by atoms with Crippen molar-refractivity contribution in [3.8, 4) is 0 Å². The lowest BCUT2D eigenvalue weighted by atomic mass is 10.1. The van der Waals surface area contributed by atoms with Crippen LogP contribution in [0.5, 0.6) is 0 Å². The second kappa shape index (κ2) is 10.2. The Morgan fingerprint density at radius 1 is 0.700 bits per heavy atom. The van der Waals surface area contributed by atoms with Crippen LogP contribution in [0.15, 0.2) is 93.3 Å². The zero-order chi connectivity index (χ0) is 21.3. The molecule has 0 amide bonds. The Kier molecular flexibility index (Phi) is 7.16. The summed E-state index contributed by atoms with van der Waals surface area (Å²) in [7, 11) is 2.08. The highest BCUT2D eigenvalue weighted by molar-refractivity contribution is 5.94. The lowest BCUT2D eigenvalue weighted by Gasteiger charge is -2.17. The molecule has 0 fully saturated rings. The van der Waals surface area contributed by atoms with Gasteiger partial charge in [-0.05, 0) is 86.1 Å². The van der Waals surface area contributed by atoms with Gasteiger partial charge in [0.05, 0.1) is 22.7 Å². The van der Waals surface area contributed by atoms with Gasteiger partial charge in [-0.15, -0.1) is 0 Å². The number of Topliss-reactive ketones (excluding diaryl/α,β-unsaturated/α-hetero) is 1.